The number of hydrogen-bond acceptors (Lipinski definition) is 1. The molecule has 0 spiro atoms. The van der Waals surface area contributed by atoms with Crippen molar-refractivity contribution in [1.29, 1.82) is 0 Å². The second kappa shape index (κ2) is 5.17. The molecule has 1 aromatic carbocycles. The molecule has 0 aliphatic heterocycles. The third-order valence-electron chi connectivity index (χ3n) is 4.42. The first-order valence-electron chi connectivity index (χ1n) is 7.32. The van der Waals surface area contributed by atoms with Gasteiger partial charge >= 0.3 is 0 Å². The van der Waals surface area contributed by atoms with Crippen LogP contribution in [0, 0.1) is 5.92 Å². The van der Waals surface area contributed by atoms with Crippen LogP contribution in [0.5, 0.6) is 0 Å². The molecule has 18 heavy (non-hydrogen) atoms. The summed E-state index contributed by atoms with van der Waals surface area (Å²) in [6.45, 7) is 0. The Bertz CT molecular complexity index is 459. The fourth-order valence-corrected chi connectivity index (χ4v) is 3.33. The zero-order valence-electron chi connectivity index (χ0n) is 11.0. The van der Waals surface area contributed by atoms with E-state index in [1.807, 2.05) is 6.08 Å². The van der Waals surface area contributed by atoms with E-state index in [1.54, 1.807) is 11.1 Å². The van der Waals surface area contributed by atoms with Gasteiger partial charge in [-0.1, -0.05) is 18.2 Å². The van der Waals surface area contributed by atoms with Crippen LogP contribution in [0.4, 0.5) is 0 Å². The van der Waals surface area contributed by atoms with Crippen LogP contribution in [0.2, 0.25) is 0 Å². The third-order valence-corrected chi connectivity index (χ3v) is 4.42. The van der Waals surface area contributed by atoms with Gasteiger partial charge in [0.15, 0.2) is 0 Å². The summed E-state index contributed by atoms with van der Waals surface area (Å²) in [4.78, 5) is 0. The quantitative estimate of drug-likeness (QED) is 0.817. The molecule has 1 aromatic rings. The minimum absolute atomic E-state index is 0.361. The molecule has 3 rings (SSSR count). The lowest BCUT2D eigenvalue weighted by atomic mass is 9.85. The highest BCUT2D eigenvalue weighted by molar-refractivity contribution is 5.34. The normalized spacial score (nSPS) is 23.3. The summed E-state index contributed by atoms with van der Waals surface area (Å²) in [5.74, 6) is 0.986. The fraction of sp³-hybridized carbons (Fsp3) is 0.529. The van der Waals surface area contributed by atoms with E-state index in [0.717, 1.165) is 19.3 Å². The monoisotopic (exact) mass is 242 g/mol. The standard InChI is InChI=1S/C17H22O/c18-17-8-4-3-7-16(17)12-13-9-10-14-5-1-2-6-15(14)11-13/h8-11,16,18H,1-7,12H2. The maximum absolute atomic E-state index is 9.93. The molecule has 0 saturated heterocycles. The molecule has 0 heterocycles. The van der Waals surface area contributed by atoms with Crippen molar-refractivity contribution < 1.29 is 5.11 Å². The number of hydrogen-bond donors (Lipinski definition) is 1. The van der Waals surface area contributed by atoms with Crippen molar-refractivity contribution in [2.24, 2.45) is 5.92 Å². The predicted molar refractivity (Wildman–Crippen MR) is 74.8 cm³/mol. The van der Waals surface area contributed by atoms with Crippen molar-refractivity contribution in [2.75, 3.05) is 0 Å². The van der Waals surface area contributed by atoms with Crippen molar-refractivity contribution in [2.45, 2.75) is 51.4 Å². The lowest BCUT2D eigenvalue weighted by Gasteiger charge is -2.22. The van der Waals surface area contributed by atoms with Crippen LogP contribution < -0.4 is 0 Å². The Kier molecular flexibility index (Phi) is 3.40. The van der Waals surface area contributed by atoms with E-state index >= 15 is 0 Å². The van der Waals surface area contributed by atoms with Gasteiger partial charge in [-0.25, -0.2) is 0 Å². The molecule has 1 N–H and O–H groups in total. The van der Waals surface area contributed by atoms with E-state index in [1.165, 1.54) is 37.7 Å². The molecule has 0 amide bonds. The number of fused-ring (bicyclic) bond motifs is 1. The zero-order valence-corrected chi connectivity index (χ0v) is 11.0. The van der Waals surface area contributed by atoms with Gasteiger partial charge in [0.2, 0.25) is 0 Å². The van der Waals surface area contributed by atoms with Crippen molar-refractivity contribution >= 4 is 0 Å². The largest absolute Gasteiger partial charge is 0.512 e. The first kappa shape index (κ1) is 11.8. The third kappa shape index (κ3) is 2.45. The summed E-state index contributed by atoms with van der Waals surface area (Å²) in [5, 5.41) is 9.93. The van der Waals surface area contributed by atoms with Crippen LogP contribution in [0.25, 0.3) is 0 Å². The zero-order chi connectivity index (χ0) is 12.4. The topological polar surface area (TPSA) is 20.2 Å². The Morgan fingerprint density at radius 2 is 1.89 bits per heavy atom. The van der Waals surface area contributed by atoms with Crippen LogP contribution in [0.1, 0.15) is 48.8 Å². The molecular formula is C17H22O. The Morgan fingerprint density at radius 3 is 2.72 bits per heavy atom. The van der Waals surface area contributed by atoms with Gasteiger partial charge in [-0.05, 0) is 74.1 Å². The molecule has 1 heteroatoms. The van der Waals surface area contributed by atoms with Gasteiger partial charge in [-0.15, -0.1) is 0 Å². The second-order valence-corrected chi connectivity index (χ2v) is 5.77. The van der Waals surface area contributed by atoms with E-state index < -0.39 is 0 Å². The highest BCUT2D eigenvalue weighted by Crippen LogP contribution is 2.28. The van der Waals surface area contributed by atoms with Crippen LogP contribution in [0.3, 0.4) is 0 Å². The lowest BCUT2D eigenvalue weighted by molar-refractivity contribution is 0.298. The Labute approximate surface area is 110 Å². The van der Waals surface area contributed by atoms with E-state index in [2.05, 4.69) is 18.2 Å². The molecule has 0 saturated carbocycles. The summed E-state index contributed by atoms with van der Waals surface area (Å²) in [6.07, 6.45) is 11.6. The number of rotatable bonds is 2. The predicted octanol–water partition coefficient (Wildman–Crippen LogP) is 4.35. The minimum atomic E-state index is 0.361. The number of aryl methyl sites for hydroxylation is 2. The molecular weight excluding hydrogens is 220 g/mol. The van der Waals surface area contributed by atoms with Crippen molar-refractivity contribution in [3.8, 4) is 0 Å². The van der Waals surface area contributed by atoms with Crippen LogP contribution in [-0.4, -0.2) is 5.11 Å². The highest BCUT2D eigenvalue weighted by Gasteiger charge is 2.18. The summed E-state index contributed by atoms with van der Waals surface area (Å²) >= 11 is 0. The van der Waals surface area contributed by atoms with Gasteiger partial charge in [0, 0.05) is 5.92 Å². The SMILES string of the molecule is OC1=CCCCC1Cc1ccc2c(c1)CCCC2. The van der Waals surface area contributed by atoms with Gasteiger partial charge in [0.25, 0.3) is 0 Å². The Balaban J connectivity index is 1.76. The highest BCUT2D eigenvalue weighted by atomic mass is 16.3. The number of benzene rings is 1. The van der Waals surface area contributed by atoms with Crippen LogP contribution in [-0.2, 0) is 19.3 Å². The summed E-state index contributed by atoms with van der Waals surface area (Å²) in [5.41, 5.74) is 4.51. The van der Waals surface area contributed by atoms with Crippen molar-refractivity contribution in [3.63, 3.8) is 0 Å². The van der Waals surface area contributed by atoms with E-state index in [-0.39, 0.29) is 0 Å². The molecule has 0 bridgehead atoms. The van der Waals surface area contributed by atoms with Gasteiger partial charge in [-0.3, -0.25) is 0 Å². The fourth-order valence-electron chi connectivity index (χ4n) is 3.33. The summed E-state index contributed by atoms with van der Waals surface area (Å²) < 4.78 is 0. The van der Waals surface area contributed by atoms with Gasteiger partial charge in [-0.2, -0.15) is 0 Å². The van der Waals surface area contributed by atoms with Gasteiger partial charge < -0.3 is 5.11 Å². The minimum Gasteiger partial charge on any atom is -0.512 e. The molecule has 1 unspecified atom stereocenters. The summed E-state index contributed by atoms with van der Waals surface area (Å²) in [6, 6.07) is 6.97. The number of aliphatic hydroxyl groups is 1. The number of allylic oxidation sites excluding steroid dienone is 2. The summed E-state index contributed by atoms with van der Waals surface area (Å²) in [7, 11) is 0. The average molecular weight is 242 g/mol. The second-order valence-electron chi connectivity index (χ2n) is 5.77. The van der Waals surface area contributed by atoms with Crippen molar-refractivity contribution in [1.82, 2.24) is 0 Å². The molecule has 1 atom stereocenters. The van der Waals surface area contributed by atoms with Gasteiger partial charge in [0.1, 0.15) is 0 Å². The Hall–Kier alpha value is -1.24. The van der Waals surface area contributed by atoms with E-state index in [9.17, 15) is 5.11 Å². The van der Waals surface area contributed by atoms with Crippen LogP contribution in [0.15, 0.2) is 30.0 Å². The first-order chi connectivity index (χ1) is 8.83. The molecule has 0 radical (unpaired) electrons. The molecule has 2 aliphatic rings. The average Bonchev–Trinajstić information content (AvgIpc) is 2.41. The van der Waals surface area contributed by atoms with E-state index in [4.69, 9.17) is 0 Å². The molecule has 0 aromatic heterocycles. The lowest BCUT2D eigenvalue weighted by Crippen LogP contribution is -2.12. The molecule has 2 aliphatic carbocycles. The Morgan fingerprint density at radius 1 is 1.06 bits per heavy atom. The first-order valence-corrected chi connectivity index (χ1v) is 7.32. The maximum Gasteiger partial charge on any atom is 0.0917 e. The smallest absolute Gasteiger partial charge is 0.0917 e. The van der Waals surface area contributed by atoms with E-state index in [0.29, 0.717) is 11.7 Å². The van der Waals surface area contributed by atoms with Gasteiger partial charge in [0.05, 0.1) is 5.76 Å². The molecule has 0 fully saturated rings. The number of aliphatic hydroxyl groups excluding tert-OH is 1. The maximum atomic E-state index is 9.93. The molecule has 96 valence electrons. The van der Waals surface area contributed by atoms with Crippen LogP contribution >= 0.6 is 0 Å². The molecule has 1 nitrogen and oxygen atoms in total. The van der Waals surface area contributed by atoms with Crippen molar-refractivity contribution in [3.05, 3.63) is 46.7 Å².